The summed E-state index contributed by atoms with van der Waals surface area (Å²) in [5.41, 5.74) is 5.50. The number of nitrogens with one attached hydrogen (secondary N) is 1. The predicted molar refractivity (Wildman–Crippen MR) is 119 cm³/mol. The number of benzene rings is 2. The van der Waals surface area contributed by atoms with Crippen LogP contribution in [0.15, 0.2) is 41.3 Å². The van der Waals surface area contributed by atoms with Gasteiger partial charge in [-0.1, -0.05) is 23.7 Å². The van der Waals surface area contributed by atoms with Crippen LogP contribution in [0.5, 0.6) is 0 Å². The second kappa shape index (κ2) is 8.24. The molecule has 1 N–H and O–H groups in total. The van der Waals surface area contributed by atoms with E-state index in [4.69, 9.17) is 11.6 Å². The van der Waals surface area contributed by atoms with Crippen molar-refractivity contribution in [1.29, 1.82) is 0 Å². The molecule has 8 heteroatoms. The van der Waals surface area contributed by atoms with Crippen molar-refractivity contribution in [3.05, 3.63) is 69.5 Å². The molecule has 1 heterocycles. The fourth-order valence-electron chi connectivity index (χ4n) is 3.22. The van der Waals surface area contributed by atoms with Crippen LogP contribution >= 0.6 is 11.6 Å². The lowest BCUT2D eigenvalue weighted by Crippen LogP contribution is -2.16. The number of rotatable bonds is 5. The number of amides is 1. The molecule has 0 bridgehead atoms. The Balaban J connectivity index is 1.86. The van der Waals surface area contributed by atoms with Gasteiger partial charge in [0.2, 0.25) is 5.91 Å². The summed E-state index contributed by atoms with van der Waals surface area (Å²) < 4.78 is 25.4. The molecule has 0 spiro atoms. The van der Waals surface area contributed by atoms with Gasteiger partial charge in [0.1, 0.15) is 0 Å². The predicted octanol–water partition coefficient (Wildman–Crippen LogP) is 4.34. The first-order chi connectivity index (χ1) is 14.0. The molecule has 0 saturated carbocycles. The summed E-state index contributed by atoms with van der Waals surface area (Å²) in [6, 6.07) is 10.4. The van der Waals surface area contributed by atoms with Gasteiger partial charge in [-0.05, 0) is 63.1 Å². The lowest BCUT2D eigenvalue weighted by atomic mass is 10.1. The molecule has 0 radical (unpaired) electrons. The molecule has 0 unspecified atom stereocenters. The first-order valence-corrected chi connectivity index (χ1v) is 11.7. The number of hydrogen-bond acceptors (Lipinski definition) is 4. The number of carbonyl (C=O) groups is 1. The third kappa shape index (κ3) is 4.57. The van der Waals surface area contributed by atoms with Gasteiger partial charge in [0.25, 0.3) is 0 Å². The minimum Gasteiger partial charge on any atom is -0.326 e. The summed E-state index contributed by atoms with van der Waals surface area (Å²) in [7, 11) is -3.36. The highest BCUT2D eigenvalue weighted by molar-refractivity contribution is 7.90. The Morgan fingerprint density at radius 3 is 2.37 bits per heavy atom. The minimum atomic E-state index is -3.36. The van der Waals surface area contributed by atoms with Crippen molar-refractivity contribution in [2.75, 3.05) is 11.6 Å². The van der Waals surface area contributed by atoms with Crippen LogP contribution in [0.25, 0.3) is 5.69 Å². The van der Waals surface area contributed by atoms with Crippen molar-refractivity contribution >= 4 is 33.0 Å². The van der Waals surface area contributed by atoms with E-state index < -0.39 is 9.84 Å². The Bertz CT molecular complexity index is 1250. The number of anilines is 1. The van der Waals surface area contributed by atoms with Gasteiger partial charge >= 0.3 is 0 Å². The summed E-state index contributed by atoms with van der Waals surface area (Å²) in [5.74, 6) is -0.239. The monoisotopic (exact) mass is 445 g/mol. The van der Waals surface area contributed by atoms with Crippen molar-refractivity contribution < 1.29 is 13.2 Å². The molecule has 0 saturated heterocycles. The number of sulfone groups is 1. The number of nitrogens with zero attached hydrogens (tertiary/aromatic N) is 2. The highest BCUT2D eigenvalue weighted by Crippen LogP contribution is 2.24. The second-order valence-electron chi connectivity index (χ2n) is 7.47. The average molecular weight is 446 g/mol. The van der Waals surface area contributed by atoms with Crippen LogP contribution in [-0.4, -0.2) is 30.4 Å². The molecule has 0 aliphatic rings. The van der Waals surface area contributed by atoms with Crippen LogP contribution in [0.2, 0.25) is 5.02 Å². The minimum absolute atomic E-state index is 0.125. The Hall–Kier alpha value is -2.64. The molecule has 1 aromatic heterocycles. The van der Waals surface area contributed by atoms with Gasteiger partial charge in [-0.3, -0.25) is 4.79 Å². The van der Waals surface area contributed by atoms with Gasteiger partial charge in [-0.15, -0.1) is 0 Å². The summed E-state index contributed by atoms with van der Waals surface area (Å²) in [5, 5.41) is 8.06. The number of aromatic nitrogens is 2. The highest BCUT2D eigenvalue weighted by atomic mass is 35.5. The van der Waals surface area contributed by atoms with Crippen LogP contribution in [0, 0.1) is 27.7 Å². The Kier molecular flexibility index (Phi) is 6.06. The molecule has 0 aliphatic carbocycles. The fraction of sp³-hybridized carbons (Fsp3) is 0.273. The van der Waals surface area contributed by atoms with E-state index in [-0.39, 0.29) is 17.2 Å². The summed E-state index contributed by atoms with van der Waals surface area (Å²) >= 11 is 6.25. The first-order valence-electron chi connectivity index (χ1n) is 9.39. The van der Waals surface area contributed by atoms with E-state index in [2.05, 4.69) is 10.4 Å². The zero-order valence-corrected chi connectivity index (χ0v) is 19.1. The number of aryl methyl sites for hydroxylation is 3. The van der Waals surface area contributed by atoms with E-state index in [1.807, 2.05) is 45.9 Å². The average Bonchev–Trinajstić information content (AvgIpc) is 2.93. The summed E-state index contributed by atoms with van der Waals surface area (Å²) in [6.45, 7) is 7.52. The maximum absolute atomic E-state index is 12.7. The zero-order chi connectivity index (χ0) is 22.2. The van der Waals surface area contributed by atoms with Crippen molar-refractivity contribution in [2.24, 2.45) is 0 Å². The molecule has 158 valence electrons. The highest BCUT2D eigenvalue weighted by Gasteiger charge is 2.18. The summed E-state index contributed by atoms with van der Waals surface area (Å²) in [6.07, 6.45) is 1.27. The van der Waals surface area contributed by atoms with Crippen LogP contribution in [0.4, 0.5) is 5.69 Å². The van der Waals surface area contributed by atoms with E-state index in [9.17, 15) is 13.2 Å². The van der Waals surface area contributed by atoms with E-state index >= 15 is 0 Å². The normalized spacial score (nSPS) is 11.5. The van der Waals surface area contributed by atoms with E-state index in [1.54, 1.807) is 10.7 Å². The molecular weight excluding hydrogens is 422 g/mol. The molecule has 0 fully saturated rings. The molecule has 6 nitrogen and oxygen atoms in total. The van der Waals surface area contributed by atoms with Crippen LogP contribution < -0.4 is 5.32 Å². The van der Waals surface area contributed by atoms with Crippen molar-refractivity contribution in [2.45, 2.75) is 39.0 Å². The number of halogens is 1. The second-order valence-corrected chi connectivity index (χ2v) is 9.89. The van der Waals surface area contributed by atoms with E-state index in [0.29, 0.717) is 10.7 Å². The summed E-state index contributed by atoms with van der Waals surface area (Å²) in [4.78, 5) is 12.9. The van der Waals surface area contributed by atoms with Gasteiger partial charge in [0.05, 0.1) is 22.7 Å². The molecule has 3 rings (SSSR count). The van der Waals surface area contributed by atoms with Gasteiger partial charge < -0.3 is 5.32 Å². The SMILES string of the molecule is Cc1ccc(-n2nc(C)c(CC(=O)Nc3cc(S(C)(=O)=O)ccc3C)c2C)cc1Cl. The third-order valence-electron chi connectivity index (χ3n) is 5.09. The topological polar surface area (TPSA) is 81.1 Å². The van der Waals surface area contributed by atoms with Gasteiger partial charge in [-0.25, -0.2) is 13.1 Å². The Morgan fingerprint density at radius 2 is 1.73 bits per heavy atom. The van der Waals surface area contributed by atoms with Gasteiger partial charge in [-0.2, -0.15) is 5.10 Å². The Labute approximate surface area is 181 Å². The van der Waals surface area contributed by atoms with Crippen molar-refractivity contribution in [1.82, 2.24) is 9.78 Å². The smallest absolute Gasteiger partial charge is 0.228 e. The quantitative estimate of drug-likeness (QED) is 0.633. The molecule has 0 atom stereocenters. The molecule has 1 amide bonds. The third-order valence-corrected chi connectivity index (χ3v) is 6.61. The van der Waals surface area contributed by atoms with E-state index in [1.165, 1.54) is 12.1 Å². The molecule has 2 aromatic carbocycles. The number of carbonyl (C=O) groups excluding carboxylic acids is 1. The molecule has 0 aliphatic heterocycles. The maximum atomic E-state index is 12.7. The largest absolute Gasteiger partial charge is 0.326 e. The fourth-order valence-corrected chi connectivity index (χ4v) is 4.04. The zero-order valence-electron chi connectivity index (χ0n) is 17.6. The van der Waals surface area contributed by atoms with Crippen LogP contribution in [0.1, 0.15) is 28.1 Å². The lowest BCUT2D eigenvalue weighted by Gasteiger charge is -2.11. The van der Waals surface area contributed by atoms with E-state index in [0.717, 1.165) is 40.0 Å². The molecular formula is C22H24ClN3O3S. The van der Waals surface area contributed by atoms with Gasteiger partial charge in [0.15, 0.2) is 9.84 Å². The van der Waals surface area contributed by atoms with Crippen LogP contribution in [0.3, 0.4) is 0 Å². The molecule has 30 heavy (non-hydrogen) atoms. The maximum Gasteiger partial charge on any atom is 0.228 e. The van der Waals surface area contributed by atoms with Crippen molar-refractivity contribution in [3.8, 4) is 5.69 Å². The van der Waals surface area contributed by atoms with Gasteiger partial charge in [0, 0.05) is 28.2 Å². The Morgan fingerprint density at radius 1 is 1.07 bits per heavy atom. The number of hydrogen-bond donors (Lipinski definition) is 1. The lowest BCUT2D eigenvalue weighted by molar-refractivity contribution is -0.115. The first kappa shape index (κ1) is 22.1. The van der Waals surface area contributed by atoms with Crippen LogP contribution in [-0.2, 0) is 21.1 Å². The molecule has 3 aromatic rings. The van der Waals surface area contributed by atoms with Crippen molar-refractivity contribution in [3.63, 3.8) is 0 Å². The standard InChI is InChI=1S/C22H24ClN3O3S/c1-13-6-8-17(10-20(13)23)26-16(4)19(15(3)25-26)12-22(27)24-21-11-18(30(5,28)29)9-7-14(21)2/h6-11H,12H2,1-5H3,(H,24,27).